The Morgan fingerprint density at radius 1 is 1.32 bits per heavy atom. The van der Waals surface area contributed by atoms with Crippen LogP contribution in [0.1, 0.15) is 26.3 Å². The predicted octanol–water partition coefficient (Wildman–Crippen LogP) is 1.92. The molecule has 1 amide bonds. The zero-order valence-electron chi connectivity index (χ0n) is 13.0. The van der Waals surface area contributed by atoms with E-state index in [4.69, 9.17) is 9.47 Å². The monoisotopic (exact) mass is 311 g/mol. The number of phenolic OH excluding ortho intramolecular Hbond substituents is 1. The van der Waals surface area contributed by atoms with E-state index >= 15 is 0 Å². The number of carbonyl (C=O) groups excluding carboxylic acids is 1. The number of carbonyl (C=O) groups is 2. The molecule has 3 N–H and O–H groups in total. The van der Waals surface area contributed by atoms with Gasteiger partial charge in [0.15, 0.2) is 11.5 Å². The summed E-state index contributed by atoms with van der Waals surface area (Å²) in [7, 11) is 1.40. The Labute approximate surface area is 128 Å². The lowest BCUT2D eigenvalue weighted by molar-refractivity contribution is -0.139. The number of aliphatic carboxylic acids is 1. The lowest BCUT2D eigenvalue weighted by Crippen LogP contribution is -2.44. The second-order valence-corrected chi connectivity index (χ2v) is 5.75. The number of carboxylic acid groups (broad SMARTS) is 1. The highest BCUT2D eigenvalue weighted by molar-refractivity contribution is 5.80. The number of aromatic hydroxyl groups is 1. The first-order valence-corrected chi connectivity index (χ1v) is 6.70. The van der Waals surface area contributed by atoms with E-state index in [0.717, 1.165) is 0 Å². The van der Waals surface area contributed by atoms with Gasteiger partial charge in [0.05, 0.1) is 7.11 Å². The highest BCUT2D eigenvalue weighted by Gasteiger charge is 2.24. The summed E-state index contributed by atoms with van der Waals surface area (Å²) in [4.78, 5) is 23.0. The number of alkyl carbamates (subject to hydrolysis) is 1. The van der Waals surface area contributed by atoms with Crippen LogP contribution in [0.4, 0.5) is 4.79 Å². The van der Waals surface area contributed by atoms with Crippen molar-refractivity contribution in [1.29, 1.82) is 0 Å². The number of amides is 1. The van der Waals surface area contributed by atoms with Crippen molar-refractivity contribution in [2.24, 2.45) is 0 Å². The van der Waals surface area contributed by atoms with Crippen molar-refractivity contribution in [2.45, 2.75) is 38.8 Å². The minimum absolute atomic E-state index is 0.0330. The fourth-order valence-corrected chi connectivity index (χ4v) is 1.73. The summed E-state index contributed by atoms with van der Waals surface area (Å²) in [5, 5.41) is 21.0. The number of hydrogen-bond acceptors (Lipinski definition) is 5. The number of carboxylic acids is 1. The van der Waals surface area contributed by atoms with E-state index in [-0.39, 0.29) is 17.9 Å². The van der Waals surface area contributed by atoms with Crippen LogP contribution < -0.4 is 10.1 Å². The van der Waals surface area contributed by atoms with Crippen molar-refractivity contribution < 1.29 is 29.3 Å². The zero-order valence-corrected chi connectivity index (χ0v) is 13.0. The number of methoxy groups -OCH3 is 1. The predicted molar refractivity (Wildman–Crippen MR) is 79.2 cm³/mol. The third-order valence-corrected chi connectivity index (χ3v) is 2.67. The van der Waals surface area contributed by atoms with Crippen molar-refractivity contribution in [3.05, 3.63) is 23.8 Å². The molecular formula is C15H21NO6. The maximum atomic E-state index is 11.7. The number of ether oxygens (including phenoxy) is 2. The fourth-order valence-electron chi connectivity index (χ4n) is 1.73. The molecule has 0 saturated carbocycles. The van der Waals surface area contributed by atoms with Gasteiger partial charge in [-0.1, -0.05) is 6.07 Å². The van der Waals surface area contributed by atoms with Crippen LogP contribution in [0.25, 0.3) is 0 Å². The average molecular weight is 311 g/mol. The van der Waals surface area contributed by atoms with Gasteiger partial charge < -0.3 is 25.0 Å². The van der Waals surface area contributed by atoms with Crippen molar-refractivity contribution in [1.82, 2.24) is 5.32 Å². The molecule has 7 heteroatoms. The van der Waals surface area contributed by atoms with Gasteiger partial charge in [-0.25, -0.2) is 9.59 Å². The highest BCUT2D eigenvalue weighted by atomic mass is 16.6. The number of rotatable bonds is 5. The summed E-state index contributed by atoms with van der Waals surface area (Å²) in [5.41, 5.74) is -0.118. The molecule has 0 saturated heterocycles. The summed E-state index contributed by atoms with van der Waals surface area (Å²) in [5.74, 6) is -0.991. The Balaban J connectivity index is 2.81. The third-order valence-electron chi connectivity index (χ3n) is 2.67. The molecule has 0 aromatic heterocycles. The quantitative estimate of drug-likeness (QED) is 0.767. The van der Waals surface area contributed by atoms with Crippen molar-refractivity contribution in [3.63, 3.8) is 0 Å². The molecule has 0 unspecified atom stereocenters. The van der Waals surface area contributed by atoms with Crippen LogP contribution in [0.15, 0.2) is 18.2 Å². The number of benzene rings is 1. The Morgan fingerprint density at radius 3 is 2.45 bits per heavy atom. The SMILES string of the molecule is COc1cc(C[C@H](NC(=O)OC(C)(C)C)C(=O)O)ccc1O. The first-order valence-electron chi connectivity index (χ1n) is 6.70. The Kier molecular flexibility index (Phi) is 5.62. The normalized spacial score (nSPS) is 12.4. The van der Waals surface area contributed by atoms with Gasteiger partial charge >= 0.3 is 12.1 Å². The summed E-state index contributed by atoms with van der Waals surface area (Å²) < 4.78 is 10.0. The molecule has 7 nitrogen and oxygen atoms in total. The van der Waals surface area contributed by atoms with Crippen LogP contribution in [0, 0.1) is 0 Å². The largest absolute Gasteiger partial charge is 0.504 e. The van der Waals surface area contributed by atoms with E-state index in [1.54, 1.807) is 26.8 Å². The summed E-state index contributed by atoms with van der Waals surface area (Å²) in [6.45, 7) is 5.06. The first-order chi connectivity index (χ1) is 10.1. The Bertz CT molecular complexity index is 549. The molecule has 0 heterocycles. The second kappa shape index (κ2) is 7.02. The van der Waals surface area contributed by atoms with Crippen molar-refractivity contribution in [2.75, 3.05) is 7.11 Å². The van der Waals surface area contributed by atoms with E-state index in [2.05, 4.69) is 5.32 Å². The molecule has 22 heavy (non-hydrogen) atoms. The summed E-state index contributed by atoms with van der Waals surface area (Å²) in [6.07, 6.45) is -0.767. The average Bonchev–Trinajstić information content (AvgIpc) is 2.37. The third kappa shape index (κ3) is 5.51. The van der Waals surface area contributed by atoms with Gasteiger partial charge in [0.2, 0.25) is 0 Å². The van der Waals surface area contributed by atoms with Crippen LogP contribution in [-0.4, -0.2) is 41.0 Å². The first kappa shape index (κ1) is 17.6. The van der Waals surface area contributed by atoms with Gasteiger partial charge in [0, 0.05) is 6.42 Å². The minimum Gasteiger partial charge on any atom is -0.504 e. The summed E-state index contributed by atoms with van der Waals surface area (Å²) >= 11 is 0. The molecule has 122 valence electrons. The molecule has 1 aromatic carbocycles. The van der Waals surface area contributed by atoms with Gasteiger partial charge in [-0.05, 0) is 38.5 Å². The summed E-state index contributed by atoms with van der Waals surface area (Å²) in [6, 6.07) is 3.33. The number of phenols is 1. The maximum Gasteiger partial charge on any atom is 0.408 e. The smallest absolute Gasteiger partial charge is 0.408 e. The molecule has 1 aromatic rings. The lowest BCUT2D eigenvalue weighted by Gasteiger charge is -2.22. The highest BCUT2D eigenvalue weighted by Crippen LogP contribution is 2.26. The van der Waals surface area contributed by atoms with Crippen LogP contribution >= 0.6 is 0 Å². The van der Waals surface area contributed by atoms with Crippen molar-refractivity contribution in [3.8, 4) is 11.5 Å². The van der Waals surface area contributed by atoms with Crippen molar-refractivity contribution >= 4 is 12.1 Å². The number of nitrogens with one attached hydrogen (secondary N) is 1. The van der Waals surface area contributed by atoms with Gasteiger partial charge in [-0.2, -0.15) is 0 Å². The number of hydrogen-bond donors (Lipinski definition) is 3. The Morgan fingerprint density at radius 2 is 1.95 bits per heavy atom. The van der Waals surface area contributed by atoms with Gasteiger partial charge in [0.1, 0.15) is 11.6 Å². The van der Waals surface area contributed by atoms with E-state index < -0.39 is 23.7 Å². The minimum atomic E-state index is -1.18. The lowest BCUT2D eigenvalue weighted by atomic mass is 10.1. The molecule has 0 radical (unpaired) electrons. The van der Waals surface area contributed by atoms with Gasteiger partial charge in [0.25, 0.3) is 0 Å². The molecule has 0 aliphatic rings. The molecule has 0 spiro atoms. The molecular weight excluding hydrogens is 290 g/mol. The standard InChI is InChI=1S/C15H21NO6/c1-15(2,3)22-14(20)16-10(13(18)19)7-9-5-6-11(17)12(8-9)21-4/h5-6,8,10,17H,7H2,1-4H3,(H,16,20)(H,18,19)/t10-/m0/s1. The molecule has 0 aliphatic carbocycles. The van der Waals surface area contributed by atoms with Gasteiger partial charge in [-0.3, -0.25) is 0 Å². The van der Waals surface area contributed by atoms with E-state index in [1.807, 2.05) is 0 Å². The van der Waals surface area contributed by atoms with E-state index in [9.17, 15) is 19.8 Å². The maximum absolute atomic E-state index is 11.7. The fraction of sp³-hybridized carbons (Fsp3) is 0.467. The molecule has 0 bridgehead atoms. The van der Waals surface area contributed by atoms with Crippen LogP contribution in [0.2, 0.25) is 0 Å². The topological polar surface area (TPSA) is 105 Å². The van der Waals surface area contributed by atoms with Crippen LogP contribution in [0.3, 0.4) is 0 Å². The van der Waals surface area contributed by atoms with Gasteiger partial charge in [-0.15, -0.1) is 0 Å². The second-order valence-electron chi connectivity index (χ2n) is 5.75. The van der Waals surface area contributed by atoms with E-state index in [0.29, 0.717) is 5.56 Å². The molecule has 0 fully saturated rings. The molecule has 1 atom stereocenters. The molecule has 1 rings (SSSR count). The van der Waals surface area contributed by atoms with E-state index in [1.165, 1.54) is 19.2 Å². The zero-order chi connectivity index (χ0) is 16.9. The van der Waals surface area contributed by atoms with Crippen LogP contribution in [0.5, 0.6) is 11.5 Å². The Hall–Kier alpha value is -2.44. The van der Waals surface area contributed by atoms with Crippen LogP contribution in [-0.2, 0) is 16.0 Å². The molecule has 0 aliphatic heterocycles.